The molecule has 0 aromatic heterocycles. The van der Waals surface area contributed by atoms with Crippen LogP contribution in [0, 0.1) is 0 Å². The van der Waals surface area contributed by atoms with Crippen LogP contribution in [0.4, 0.5) is 13.2 Å². The highest BCUT2D eigenvalue weighted by Crippen LogP contribution is 2.29. The van der Waals surface area contributed by atoms with Crippen LogP contribution in [-0.2, 0) is 17.5 Å². The maximum atomic E-state index is 12.9. The number of amides is 2. The van der Waals surface area contributed by atoms with Gasteiger partial charge < -0.3 is 9.80 Å². The number of benzene rings is 2. The molecule has 1 heterocycles. The van der Waals surface area contributed by atoms with Crippen molar-refractivity contribution in [2.45, 2.75) is 30.5 Å². The van der Waals surface area contributed by atoms with Crippen molar-refractivity contribution in [3.8, 4) is 0 Å². The van der Waals surface area contributed by atoms with E-state index in [-0.39, 0.29) is 24.1 Å². The molecule has 0 bridgehead atoms. The Morgan fingerprint density at radius 1 is 1.03 bits per heavy atom. The third-order valence-electron chi connectivity index (χ3n) is 4.98. The van der Waals surface area contributed by atoms with E-state index in [2.05, 4.69) is 0 Å². The molecule has 8 heteroatoms. The molecule has 0 atom stereocenters. The monoisotopic (exact) mass is 436 g/mol. The molecular weight excluding hydrogens is 413 g/mol. The number of carbonyl (C=O) groups excluding carboxylic acids is 2. The van der Waals surface area contributed by atoms with Crippen molar-refractivity contribution < 1.29 is 22.8 Å². The number of halogens is 3. The molecule has 0 saturated carbocycles. The summed E-state index contributed by atoms with van der Waals surface area (Å²) in [5.41, 5.74) is 0.365. The van der Waals surface area contributed by atoms with E-state index in [1.165, 1.54) is 28.8 Å². The number of thioether (sulfide) groups is 1. The third kappa shape index (κ3) is 5.56. The van der Waals surface area contributed by atoms with Gasteiger partial charge in [-0.1, -0.05) is 24.3 Å². The van der Waals surface area contributed by atoms with Crippen molar-refractivity contribution >= 4 is 23.6 Å². The van der Waals surface area contributed by atoms with Crippen LogP contribution in [0.3, 0.4) is 0 Å². The molecule has 2 aromatic carbocycles. The number of alkyl halides is 3. The van der Waals surface area contributed by atoms with Crippen LogP contribution in [-0.4, -0.2) is 47.5 Å². The highest BCUT2D eigenvalue weighted by atomic mass is 32.2. The van der Waals surface area contributed by atoms with E-state index in [1.807, 2.05) is 11.0 Å². The topological polar surface area (TPSA) is 40.6 Å². The molecule has 4 nitrogen and oxygen atoms in total. The molecule has 3 rings (SSSR count). The van der Waals surface area contributed by atoms with Crippen molar-refractivity contribution in [1.82, 2.24) is 9.80 Å². The van der Waals surface area contributed by atoms with Crippen LogP contribution in [0.1, 0.15) is 34.3 Å². The van der Waals surface area contributed by atoms with Crippen LogP contribution in [0.2, 0.25) is 0 Å². The molecule has 1 fully saturated rings. The Bertz CT molecular complexity index is 894. The summed E-state index contributed by atoms with van der Waals surface area (Å²) < 4.78 is 38.1. The van der Waals surface area contributed by atoms with Crippen molar-refractivity contribution in [2.24, 2.45) is 0 Å². The minimum Gasteiger partial charge on any atom is -0.342 e. The van der Waals surface area contributed by atoms with Crippen molar-refractivity contribution in [2.75, 3.05) is 25.9 Å². The predicted molar refractivity (Wildman–Crippen MR) is 110 cm³/mol. The number of nitrogens with zero attached hydrogens (tertiary/aromatic N) is 2. The molecule has 0 spiro atoms. The summed E-state index contributed by atoms with van der Waals surface area (Å²) in [5.74, 6) is 0.0943. The van der Waals surface area contributed by atoms with Gasteiger partial charge in [-0.05, 0) is 42.7 Å². The fraction of sp³-hybridized carbons (Fsp3) is 0.364. The van der Waals surface area contributed by atoms with Crippen molar-refractivity contribution in [3.63, 3.8) is 0 Å². The molecule has 1 aliphatic heterocycles. The van der Waals surface area contributed by atoms with E-state index in [0.717, 1.165) is 38.1 Å². The lowest BCUT2D eigenvalue weighted by Gasteiger charge is -2.20. The van der Waals surface area contributed by atoms with Gasteiger partial charge in [0.15, 0.2) is 0 Å². The average Bonchev–Trinajstić information content (AvgIpc) is 3.26. The first-order chi connectivity index (χ1) is 14.3. The van der Waals surface area contributed by atoms with E-state index in [4.69, 9.17) is 0 Å². The zero-order valence-electron chi connectivity index (χ0n) is 16.6. The molecule has 0 aliphatic carbocycles. The lowest BCUT2D eigenvalue weighted by atomic mass is 10.1. The van der Waals surface area contributed by atoms with Gasteiger partial charge in [0.05, 0.1) is 16.9 Å². The van der Waals surface area contributed by atoms with E-state index < -0.39 is 11.7 Å². The largest absolute Gasteiger partial charge is 0.416 e. The Hall–Kier alpha value is -2.48. The van der Waals surface area contributed by atoms with E-state index >= 15 is 0 Å². The van der Waals surface area contributed by atoms with Gasteiger partial charge in [0, 0.05) is 31.6 Å². The summed E-state index contributed by atoms with van der Waals surface area (Å²) in [6.45, 7) is 1.76. The first kappa shape index (κ1) is 22.2. The van der Waals surface area contributed by atoms with Gasteiger partial charge in [-0.25, -0.2) is 0 Å². The van der Waals surface area contributed by atoms with E-state index in [9.17, 15) is 22.8 Å². The van der Waals surface area contributed by atoms with Gasteiger partial charge in [0.2, 0.25) is 5.91 Å². The first-order valence-electron chi connectivity index (χ1n) is 9.67. The van der Waals surface area contributed by atoms with Gasteiger partial charge >= 0.3 is 6.18 Å². The Morgan fingerprint density at radius 2 is 1.67 bits per heavy atom. The SMILES string of the molecule is CN(Cc1ccc(C(F)(F)F)cc1)C(=O)c1ccccc1SCC(=O)N1CCCC1. The quantitative estimate of drug-likeness (QED) is 0.617. The van der Waals surface area contributed by atoms with Gasteiger partial charge in [0.25, 0.3) is 5.91 Å². The molecular formula is C22H23F3N2O2S. The number of hydrogen-bond donors (Lipinski definition) is 0. The minimum absolute atomic E-state index is 0.0675. The molecule has 1 aliphatic rings. The number of rotatable bonds is 6. The third-order valence-corrected chi connectivity index (χ3v) is 6.03. The summed E-state index contributed by atoms with van der Waals surface area (Å²) >= 11 is 1.34. The van der Waals surface area contributed by atoms with Crippen molar-refractivity contribution in [1.29, 1.82) is 0 Å². The molecule has 2 amide bonds. The zero-order valence-corrected chi connectivity index (χ0v) is 17.4. The number of likely N-dealkylation sites (tertiary alicyclic amines) is 1. The minimum atomic E-state index is -4.39. The van der Waals surface area contributed by atoms with Crippen LogP contribution < -0.4 is 0 Å². The summed E-state index contributed by atoms with van der Waals surface area (Å²) in [7, 11) is 1.61. The second kappa shape index (κ2) is 9.55. The van der Waals surface area contributed by atoms with Crippen molar-refractivity contribution in [3.05, 3.63) is 65.2 Å². The molecule has 0 unspecified atom stereocenters. The molecule has 30 heavy (non-hydrogen) atoms. The Balaban J connectivity index is 1.65. The summed E-state index contributed by atoms with van der Waals surface area (Å²) in [6.07, 6.45) is -2.33. The van der Waals surface area contributed by atoms with Gasteiger partial charge in [-0.2, -0.15) is 13.2 Å². The molecule has 0 N–H and O–H groups in total. The molecule has 1 saturated heterocycles. The van der Waals surface area contributed by atoms with E-state index in [0.29, 0.717) is 16.0 Å². The average molecular weight is 436 g/mol. The second-order valence-corrected chi connectivity index (χ2v) is 8.25. The predicted octanol–water partition coefficient (Wildman–Crippen LogP) is 4.69. The lowest BCUT2D eigenvalue weighted by Crippen LogP contribution is -2.29. The van der Waals surface area contributed by atoms with Crippen LogP contribution in [0.15, 0.2) is 53.4 Å². The molecule has 0 radical (unpaired) electrons. The maximum Gasteiger partial charge on any atom is 0.416 e. The van der Waals surface area contributed by atoms with Gasteiger partial charge in [-0.3, -0.25) is 9.59 Å². The summed E-state index contributed by atoms with van der Waals surface area (Å²) in [6, 6.07) is 11.9. The smallest absolute Gasteiger partial charge is 0.342 e. The van der Waals surface area contributed by atoms with Gasteiger partial charge in [0.1, 0.15) is 0 Å². The highest BCUT2D eigenvalue weighted by molar-refractivity contribution is 8.00. The van der Waals surface area contributed by atoms with Crippen LogP contribution >= 0.6 is 11.8 Å². The van der Waals surface area contributed by atoms with Crippen LogP contribution in [0.5, 0.6) is 0 Å². The first-order valence-corrected chi connectivity index (χ1v) is 10.7. The second-order valence-electron chi connectivity index (χ2n) is 7.23. The Kier molecular flexibility index (Phi) is 7.07. The number of hydrogen-bond acceptors (Lipinski definition) is 3. The van der Waals surface area contributed by atoms with Crippen LogP contribution in [0.25, 0.3) is 0 Å². The Labute approximate surface area is 178 Å². The fourth-order valence-corrected chi connectivity index (χ4v) is 4.26. The summed E-state index contributed by atoms with van der Waals surface area (Å²) in [5, 5.41) is 0. The normalized spacial score (nSPS) is 14.1. The number of carbonyl (C=O) groups is 2. The summed E-state index contributed by atoms with van der Waals surface area (Å²) in [4.78, 5) is 29.3. The molecule has 160 valence electrons. The Morgan fingerprint density at radius 3 is 2.30 bits per heavy atom. The maximum absolute atomic E-state index is 12.9. The van der Waals surface area contributed by atoms with E-state index in [1.54, 1.807) is 25.2 Å². The zero-order chi connectivity index (χ0) is 21.7. The lowest BCUT2D eigenvalue weighted by molar-refractivity contribution is -0.137. The molecule has 2 aromatic rings. The highest BCUT2D eigenvalue weighted by Gasteiger charge is 2.30. The standard InChI is InChI=1S/C22H23F3N2O2S/c1-26(14-16-8-10-17(11-9-16)22(23,24)25)21(29)18-6-2-3-7-19(18)30-15-20(28)27-12-4-5-13-27/h2-3,6-11H,4-5,12-15H2,1H3. The van der Waals surface area contributed by atoms with Gasteiger partial charge in [-0.15, -0.1) is 11.8 Å². The fourth-order valence-electron chi connectivity index (χ4n) is 3.32.